The Balaban J connectivity index is 1.63. The van der Waals surface area contributed by atoms with Crippen molar-refractivity contribution in [3.05, 3.63) is 73.1 Å². The summed E-state index contributed by atoms with van der Waals surface area (Å²) in [4.78, 5) is 14.3. The first-order chi connectivity index (χ1) is 13.8. The van der Waals surface area contributed by atoms with Crippen LogP contribution in [-0.2, 0) is 0 Å². The maximum absolute atomic E-state index is 5.89. The molecule has 0 bridgehead atoms. The molecule has 3 heterocycles. The van der Waals surface area contributed by atoms with Crippen LogP contribution < -0.4 is 11.1 Å². The second kappa shape index (κ2) is 6.75. The summed E-state index contributed by atoms with van der Waals surface area (Å²) in [7, 11) is 0. The molecule has 0 aliphatic carbocycles. The molecular weight excluding hydrogens is 370 g/mol. The van der Waals surface area contributed by atoms with E-state index in [1.807, 2.05) is 48.5 Å². The van der Waals surface area contributed by atoms with E-state index < -0.39 is 0 Å². The van der Waals surface area contributed by atoms with E-state index in [0.29, 0.717) is 11.8 Å². The first kappa shape index (κ1) is 16.4. The van der Waals surface area contributed by atoms with Crippen LogP contribution >= 0.6 is 11.3 Å². The number of fused-ring (bicyclic) bond motifs is 1. The summed E-state index contributed by atoms with van der Waals surface area (Å²) in [6, 6.07) is 22.0. The molecule has 7 nitrogen and oxygen atoms in total. The highest BCUT2D eigenvalue weighted by Crippen LogP contribution is 2.35. The molecule has 0 amide bonds. The number of rotatable bonds is 4. The van der Waals surface area contributed by atoms with Crippen molar-refractivity contribution < 1.29 is 0 Å². The lowest BCUT2D eigenvalue weighted by atomic mass is 10.2. The van der Waals surface area contributed by atoms with Gasteiger partial charge in [-0.25, -0.2) is 9.97 Å². The fraction of sp³-hybridized carbons (Fsp3) is 0. The Kier molecular flexibility index (Phi) is 3.95. The standard InChI is InChI=1S/C20H15N7S/c21-19-25-20(24-14-9-5-2-6-10-14)27(26-19)18-17-15(22-12-23-18)11-16(28-17)13-7-3-1-4-8-13/h1-12H,(H3,21,24,25,26). The summed E-state index contributed by atoms with van der Waals surface area (Å²) in [5.41, 5.74) is 8.77. The van der Waals surface area contributed by atoms with Gasteiger partial charge in [-0.05, 0) is 23.8 Å². The Labute approximate surface area is 164 Å². The summed E-state index contributed by atoms with van der Waals surface area (Å²) < 4.78 is 2.54. The largest absolute Gasteiger partial charge is 0.366 e. The van der Waals surface area contributed by atoms with E-state index in [0.717, 1.165) is 26.3 Å². The number of thiophene rings is 1. The zero-order valence-corrected chi connectivity index (χ0v) is 15.5. The summed E-state index contributed by atoms with van der Waals surface area (Å²) in [6.07, 6.45) is 1.53. The number of benzene rings is 2. The smallest absolute Gasteiger partial charge is 0.241 e. The fourth-order valence-electron chi connectivity index (χ4n) is 2.94. The predicted molar refractivity (Wildman–Crippen MR) is 112 cm³/mol. The third kappa shape index (κ3) is 2.95. The number of hydrogen-bond acceptors (Lipinski definition) is 7. The molecule has 2 aromatic carbocycles. The Morgan fingerprint density at radius 2 is 1.68 bits per heavy atom. The molecule has 3 N–H and O–H groups in total. The quantitative estimate of drug-likeness (QED) is 0.480. The van der Waals surface area contributed by atoms with Gasteiger partial charge in [0.05, 0.1) is 10.2 Å². The lowest BCUT2D eigenvalue weighted by Gasteiger charge is -2.07. The van der Waals surface area contributed by atoms with Gasteiger partial charge in [0.15, 0.2) is 5.82 Å². The van der Waals surface area contributed by atoms with Crippen molar-refractivity contribution in [2.45, 2.75) is 0 Å². The van der Waals surface area contributed by atoms with Crippen molar-refractivity contribution in [3.8, 4) is 16.3 Å². The Hall–Kier alpha value is -3.78. The third-order valence-electron chi connectivity index (χ3n) is 4.20. The van der Waals surface area contributed by atoms with Gasteiger partial charge in [0.1, 0.15) is 6.33 Å². The van der Waals surface area contributed by atoms with Crippen molar-refractivity contribution in [2.75, 3.05) is 11.1 Å². The van der Waals surface area contributed by atoms with Crippen LogP contribution in [0.3, 0.4) is 0 Å². The van der Waals surface area contributed by atoms with Gasteiger partial charge in [-0.2, -0.15) is 9.67 Å². The summed E-state index contributed by atoms with van der Waals surface area (Å²) in [6.45, 7) is 0. The second-order valence-electron chi connectivity index (χ2n) is 6.08. The van der Waals surface area contributed by atoms with Crippen LogP contribution in [0.4, 0.5) is 17.6 Å². The highest BCUT2D eigenvalue weighted by molar-refractivity contribution is 7.22. The van der Waals surface area contributed by atoms with Crippen LogP contribution in [0, 0.1) is 0 Å². The lowest BCUT2D eigenvalue weighted by molar-refractivity contribution is 0.863. The minimum Gasteiger partial charge on any atom is -0.366 e. The first-order valence-corrected chi connectivity index (χ1v) is 9.44. The maximum Gasteiger partial charge on any atom is 0.241 e. The normalized spacial score (nSPS) is 11.0. The van der Waals surface area contributed by atoms with E-state index in [1.165, 1.54) is 6.33 Å². The van der Waals surface area contributed by atoms with E-state index in [4.69, 9.17) is 5.73 Å². The molecule has 8 heteroatoms. The first-order valence-electron chi connectivity index (χ1n) is 8.63. The number of nitrogen functional groups attached to an aromatic ring is 1. The Bertz CT molecular complexity index is 1250. The number of para-hydroxylation sites is 1. The average molecular weight is 385 g/mol. The zero-order chi connectivity index (χ0) is 18.9. The summed E-state index contributed by atoms with van der Waals surface area (Å²) in [5, 5.41) is 7.59. The molecule has 0 unspecified atom stereocenters. The molecule has 0 fully saturated rings. The van der Waals surface area contributed by atoms with Gasteiger partial charge < -0.3 is 11.1 Å². The molecule has 28 heavy (non-hydrogen) atoms. The predicted octanol–water partition coefficient (Wildman–Crippen LogP) is 4.26. The number of nitrogens with zero attached hydrogens (tertiary/aromatic N) is 5. The molecule has 0 spiro atoms. The van der Waals surface area contributed by atoms with Crippen LogP contribution in [-0.4, -0.2) is 24.7 Å². The van der Waals surface area contributed by atoms with E-state index in [9.17, 15) is 0 Å². The topological polar surface area (TPSA) is 94.5 Å². The third-order valence-corrected chi connectivity index (χ3v) is 5.37. The van der Waals surface area contributed by atoms with Crippen LogP contribution in [0.25, 0.3) is 26.5 Å². The van der Waals surface area contributed by atoms with E-state index in [1.54, 1.807) is 16.0 Å². The van der Waals surface area contributed by atoms with Crippen molar-refractivity contribution in [2.24, 2.45) is 0 Å². The van der Waals surface area contributed by atoms with E-state index >= 15 is 0 Å². The van der Waals surface area contributed by atoms with Gasteiger partial charge in [-0.15, -0.1) is 16.4 Å². The fourth-order valence-corrected chi connectivity index (χ4v) is 4.04. The number of nitrogens with one attached hydrogen (secondary N) is 1. The molecule has 0 radical (unpaired) electrons. The zero-order valence-electron chi connectivity index (χ0n) is 14.6. The molecule has 0 aliphatic heterocycles. The van der Waals surface area contributed by atoms with E-state index in [-0.39, 0.29) is 5.95 Å². The van der Waals surface area contributed by atoms with Crippen LogP contribution in [0.2, 0.25) is 0 Å². The maximum atomic E-state index is 5.89. The van der Waals surface area contributed by atoms with E-state index in [2.05, 4.69) is 43.6 Å². The molecule has 136 valence electrons. The van der Waals surface area contributed by atoms with Gasteiger partial charge >= 0.3 is 0 Å². The molecule has 0 saturated carbocycles. The number of hydrogen-bond donors (Lipinski definition) is 2. The summed E-state index contributed by atoms with van der Waals surface area (Å²) >= 11 is 1.61. The molecule has 0 aliphatic rings. The van der Waals surface area contributed by atoms with Gasteiger partial charge in [0, 0.05) is 10.6 Å². The molecule has 0 atom stereocenters. The minimum absolute atomic E-state index is 0.171. The van der Waals surface area contributed by atoms with Crippen molar-refractivity contribution in [1.29, 1.82) is 0 Å². The Morgan fingerprint density at radius 1 is 0.929 bits per heavy atom. The van der Waals surface area contributed by atoms with Gasteiger partial charge in [-0.3, -0.25) is 0 Å². The van der Waals surface area contributed by atoms with Crippen LogP contribution in [0.15, 0.2) is 73.1 Å². The lowest BCUT2D eigenvalue weighted by Crippen LogP contribution is -2.05. The van der Waals surface area contributed by atoms with Gasteiger partial charge in [0.2, 0.25) is 11.9 Å². The molecule has 5 aromatic rings. The summed E-state index contributed by atoms with van der Waals surface area (Å²) in [5.74, 6) is 1.31. The molecule has 5 rings (SSSR count). The second-order valence-corrected chi connectivity index (χ2v) is 7.14. The molecular formula is C20H15N7S. The van der Waals surface area contributed by atoms with Crippen molar-refractivity contribution in [1.82, 2.24) is 24.7 Å². The number of nitrogens with two attached hydrogens (primary N) is 1. The Morgan fingerprint density at radius 3 is 2.46 bits per heavy atom. The minimum atomic E-state index is 0.171. The highest BCUT2D eigenvalue weighted by Gasteiger charge is 2.17. The number of aromatic nitrogens is 5. The monoisotopic (exact) mass is 385 g/mol. The van der Waals surface area contributed by atoms with Crippen molar-refractivity contribution >= 4 is 39.1 Å². The molecule has 0 saturated heterocycles. The van der Waals surface area contributed by atoms with Crippen LogP contribution in [0.1, 0.15) is 0 Å². The average Bonchev–Trinajstić information content (AvgIpc) is 3.32. The van der Waals surface area contributed by atoms with Crippen molar-refractivity contribution in [3.63, 3.8) is 0 Å². The number of anilines is 3. The van der Waals surface area contributed by atoms with Crippen LogP contribution in [0.5, 0.6) is 0 Å². The van der Waals surface area contributed by atoms with Gasteiger partial charge in [0.25, 0.3) is 0 Å². The molecule has 3 aromatic heterocycles. The van der Waals surface area contributed by atoms with Gasteiger partial charge in [-0.1, -0.05) is 48.5 Å². The highest BCUT2D eigenvalue weighted by atomic mass is 32.1. The SMILES string of the molecule is Nc1nc(Nc2ccccc2)n(-c2ncnc3cc(-c4ccccc4)sc23)n1.